The van der Waals surface area contributed by atoms with Gasteiger partial charge in [0.1, 0.15) is 5.82 Å². The van der Waals surface area contributed by atoms with Crippen molar-refractivity contribution in [3.63, 3.8) is 0 Å². The van der Waals surface area contributed by atoms with Crippen molar-refractivity contribution in [1.29, 1.82) is 0 Å². The van der Waals surface area contributed by atoms with E-state index in [2.05, 4.69) is 0 Å². The number of rotatable bonds is 4. The molecule has 6 nitrogen and oxygen atoms in total. The van der Waals surface area contributed by atoms with E-state index >= 15 is 0 Å². The fourth-order valence-electron chi connectivity index (χ4n) is 2.34. The van der Waals surface area contributed by atoms with Gasteiger partial charge in [-0.1, -0.05) is 12.1 Å². The van der Waals surface area contributed by atoms with Gasteiger partial charge in [-0.05, 0) is 24.6 Å². The maximum Gasteiger partial charge on any atom is 0.290 e. The summed E-state index contributed by atoms with van der Waals surface area (Å²) in [7, 11) is 0. The molecule has 1 N–H and O–H groups in total. The number of hydrogen-bond acceptors (Lipinski definition) is 5. The van der Waals surface area contributed by atoms with E-state index in [1.54, 1.807) is 0 Å². The summed E-state index contributed by atoms with van der Waals surface area (Å²) in [6.07, 6.45) is 0. The molecule has 0 radical (unpaired) electrons. The van der Waals surface area contributed by atoms with Gasteiger partial charge in [0.2, 0.25) is 0 Å². The Bertz CT molecular complexity index is 667. The second-order valence-corrected chi connectivity index (χ2v) is 4.58. The molecule has 1 aliphatic heterocycles. The molecule has 0 bridgehead atoms. The van der Waals surface area contributed by atoms with Crippen LogP contribution in [0, 0.1) is 5.82 Å². The Hall–Kier alpha value is -2.70. The fourth-order valence-corrected chi connectivity index (χ4v) is 2.34. The Morgan fingerprint density at radius 2 is 2.10 bits per heavy atom. The molecule has 1 atom stereocenters. The summed E-state index contributed by atoms with van der Waals surface area (Å²) in [6, 6.07) is 3.88. The van der Waals surface area contributed by atoms with Gasteiger partial charge in [0.25, 0.3) is 5.91 Å². The molecule has 0 fully saturated rings. The largest absolute Gasteiger partial charge is 0.548 e. The first-order valence-corrected chi connectivity index (χ1v) is 6.03. The van der Waals surface area contributed by atoms with Crippen LogP contribution >= 0.6 is 0 Å². The Kier molecular flexibility index (Phi) is 3.75. The molecule has 1 amide bonds. The molecule has 1 aliphatic rings. The Labute approximate surface area is 119 Å². The van der Waals surface area contributed by atoms with Crippen molar-refractivity contribution in [3.8, 4) is 0 Å². The van der Waals surface area contributed by atoms with Gasteiger partial charge in [-0.15, -0.1) is 0 Å². The van der Waals surface area contributed by atoms with Crippen molar-refractivity contribution in [3.05, 3.63) is 47.0 Å². The summed E-state index contributed by atoms with van der Waals surface area (Å²) in [4.78, 5) is 35.1. The SMILES string of the molecule is CC(=O)C1=C(O)C(=O)N(CC(=O)[O-])[C@H]1c1cccc(F)c1. The van der Waals surface area contributed by atoms with Crippen LogP contribution < -0.4 is 5.11 Å². The summed E-state index contributed by atoms with van der Waals surface area (Å²) in [5.41, 5.74) is -0.0642. The quantitative estimate of drug-likeness (QED) is 0.833. The zero-order valence-electron chi connectivity index (χ0n) is 11.0. The van der Waals surface area contributed by atoms with Crippen molar-refractivity contribution < 1.29 is 29.0 Å². The molecule has 0 saturated carbocycles. The molecule has 1 aromatic rings. The average molecular weight is 292 g/mol. The van der Waals surface area contributed by atoms with Gasteiger partial charge in [-0.25, -0.2) is 4.39 Å². The van der Waals surface area contributed by atoms with Gasteiger partial charge in [0.05, 0.1) is 24.1 Å². The summed E-state index contributed by atoms with van der Waals surface area (Å²) in [6.45, 7) is 0.314. The molecule has 1 heterocycles. The van der Waals surface area contributed by atoms with Gasteiger partial charge in [-0.2, -0.15) is 0 Å². The number of carboxylic acid groups (broad SMARTS) is 1. The van der Waals surface area contributed by atoms with E-state index in [1.807, 2.05) is 0 Å². The van der Waals surface area contributed by atoms with Gasteiger partial charge < -0.3 is 19.9 Å². The van der Waals surface area contributed by atoms with Crippen LogP contribution in [0.3, 0.4) is 0 Å². The fraction of sp³-hybridized carbons (Fsp3) is 0.214. The maximum absolute atomic E-state index is 13.3. The molecule has 21 heavy (non-hydrogen) atoms. The number of halogens is 1. The average Bonchev–Trinajstić information content (AvgIpc) is 2.63. The molecule has 0 aliphatic carbocycles. The number of amides is 1. The van der Waals surface area contributed by atoms with E-state index in [0.29, 0.717) is 0 Å². The number of carboxylic acids is 1. The molecule has 7 heteroatoms. The lowest BCUT2D eigenvalue weighted by molar-refractivity contribution is -0.306. The van der Waals surface area contributed by atoms with E-state index in [9.17, 15) is 29.0 Å². The van der Waals surface area contributed by atoms with Gasteiger partial charge in [-0.3, -0.25) is 9.59 Å². The molecule has 0 aromatic heterocycles. The lowest BCUT2D eigenvalue weighted by Gasteiger charge is -2.26. The number of aliphatic hydroxyl groups is 1. The van der Waals surface area contributed by atoms with Gasteiger partial charge in [0.15, 0.2) is 11.5 Å². The lowest BCUT2D eigenvalue weighted by atomic mass is 9.97. The van der Waals surface area contributed by atoms with E-state index in [4.69, 9.17) is 0 Å². The van der Waals surface area contributed by atoms with Crippen molar-refractivity contribution >= 4 is 17.7 Å². The monoisotopic (exact) mass is 292 g/mol. The molecular weight excluding hydrogens is 281 g/mol. The molecule has 110 valence electrons. The van der Waals surface area contributed by atoms with Gasteiger partial charge in [0, 0.05) is 0 Å². The van der Waals surface area contributed by atoms with Crippen LogP contribution in [-0.4, -0.2) is 34.2 Å². The number of carbonyl (C=O) groups excluding carboxylic acids is 3. The van der Waals surface area contributed by atoms with Crippen LogP contribution in [0.4, 0.5) is 4.39 Å². The molecule has 0 saturated heterocycles. The summed E-state index contributed by atoms with van der Waals surface area (Å²) < 4.78 is 13.3. The third-order valence-corrected chi connectivity index (χ3v) is 3.15. The number of aliphatic carboxylic acids is 1. The minimum atomic E-state index is -1.55. The van der Waals surface area contributed by atoms with E-state index < -0.39 is 41.8 Å². The Morgan fingerprint density at radius 1 is 1.43 bits per heavy atom. The number of ketones is 1. The number of benzene rings is 1. The van der Waals surface area contributed by atoms with Crippen LogP contribution in [0.2, 0.25) is 0 Å². The number of nitrogens with zero attached hydrogens (tertiary/aromatic N) is 1. The normalized spacial score (nSPS) is 18.3. The molecule has 0 unspecified atom stereocenters. The van der Waals surface area contributed by atoms with E-state index in [1.165, 1.54) is 18.2 Å². The van der Waals surface area contributed by atoms with Crippen molar-refractivity contribution in [1.82, 2.24) is 4.90 Å². The minimum absolute atomic E-state index is 0.193. The zero-order chi connectivity index (χ0) is 15.7. The molecular formula is C14H11FNO5-. The summed E-state index contributed by atoms with van der Waals surface area (Å²) >= 11 is 0. The maximum atomic E-state index is 13.3. The smallest absolute Gasteiger partial charge is 0.290 e. The lowest BCUT2D eigenvalue weighted by Crippen LogP contribution is -2.41. The highest BCUT2D eigenvalue weighted by Gasteiger charge is 2.42. The summed E-state index contributed by atoms with van der Waals surface area (Å²) in [5, 5.41) is 20.5. The van der Waals surface area contributed by atoms with E-state index in [-0.39, 0.29) is 11.1 Å². The van der Waals surface area contributed by atoms with Crippen LogP contribution in [0.5, 0.6) is 0 Å². The summed E-state index contributed by atoms with van der Waals surface area (Å²) in [5.74, 6) is -4.59. The van der Waals surface area contributed by atoms with Crippen LogP contribution in [0.15, 0.2) is 35.6 Å². The topological polar surface area (TPSA) is 97.7 Å². The Morgan fingerprint density at radius 3 is 2.62 bits per heavy atom. The predicted octanol–water partition coefficient (Wildman–Crippen LogP) is -0.140. The van der Waals surface area contributed by atoms with Crippen molar-refractivity contribution in [2.24, 2.45) is 0 Å². The van der Waals surface area contributed by atoms with Gasteiger partial charge >= 0.3 is 0 Å². The van der Waals surface area contributed by atoms with Crippen molar-refractivity contribution in [2.75, 3.05) is 6.54 Å². The second-order valence-electron chi connectivity index (χ2n) is 4.58. The van der Waals surface area contributed by atoms with Crippen LogP contribution in [-0.2, 0) is 14.4 Å². The number of carbonyl (C=O) groups is 3. The highest BCUT2D eigenvalue weighted by atomic mass is 19.1. The number of hydrogen-bond donors (Lipinski definition) is 1. The second kappa shape index (κ2) is 5.35. The van der Waals surface area contributed by atoms with Crippen molar-refractivity contribution in [2.45, 2.75) is 13.0 Å². The number of aliphatic hydroxyl groups excluding tert-OH is 1. The van der Waals surface area contributed by atoms with Crippen LogP contribution in [0.25, 0.3) is 0 Å². The number of Topliss-reactive ketones (excluding diaryl/α,β-unsaturated/α-hetero) is 1. The first-order chi connectivity index (χ1) is 9.82. The van der Waals surface area contributed by atoms with Crippen LogP contribution in [0.1, 0.15) is 18.5 Å². The first-order valence-electron chi connectivity index (χ1n) is 6.03. The Balaban J connectivity index is 2.56. The third kappa shape index (κ3) is 2.62. The zero-order valence-corrected chi connectivity index (χ0v) is 11.0. The van der Waals surface area contributed by atoms with E-state index in [0.717, 1.165) is 17.9 Å². The molecule has 1 aromatic carbocycles. The first kappa shape index (κ1) is 14.7. The molecule has 2 rings (SSSR count). The third-order valence-electron chi connectivity index (χ3n) is 3.15. The molecule has 0 spiro atoms. The highest BCUT2D eigenvalue weighted by Crippen LogP contribution is 2.37. The minimum Gasteiger partial charge on any atom is -0.548 e. The highest BCUT2D eigenvalue weighted by molar-refractivity contribution is 6.08. The predicted molar refractivity (Wildman–Crippen MR) is 66.2 cm³/mol. The standard InChI is InChI=1S/C14H12FNO5/c1-7(17)11-12(8-3-2-4-9(15)5-8)16(6-10(18)19)14(21)13(11)20/h2-5,12,20H,6H2,1H3,(H,18,19)/p-1/t12-/m0/s1.